The number of rotatable bonds is 4. The summed E-state index contributed by atoms with van der Waals surface area (Å²) in [5, 5.41) is 4.30. The van der Waals surface area contributed by atoms with Crippen LogP contribution in [0.2, 0.25) is 0 Å². The first-order valence-corrected chi connectivity index (χ1v) is 5.76. The Bertz CT molecular complexity index is 241. The monoisotopic (exact) mass is 241 g/mol. The van der Waals surface area contributed by atoms with Crippen molar-refractivity contribution in [1.82, 2.24) is 0 Å². The molecule has 0 atom stereocenters. The van der Waals surface area contributed by atoms with Gasteiger partial charge in [-0.1, -0.05) is 41.9 Å². The Labute approximate surface area is 88.7 Å². The number of halogens is 1. The molecule has 0 fully saturated rings. The molecular formula is C11H16BrN. The third kappa shape index (κ3) is 3.39. The Hall–Kier alpha value is -0.500. The summed E-state index contributed by atoms with van der Waals surface area (Å²) in [5.74, 6) is 0.616. The van der Waals surface area contributed by atoms with E-state index in [4.69, 9.17) is 0 Å². The molecule has 0 spiro atoms. The zero-order chi connectivity index (χ0) is 9.68. The van der Waals surface area contributed by atoms with E-state index in [0.717, 1.165) is 11.9 Å². The lowest BCUT2D eigenvalue weighted by molar-refractivity contribution is 0.867. The van der Waals surface area contributed by atoms with Gasteiger partial charge in [-0.25, -0.2) is 0 Å². The molecule has 0 saturated carbocycles. The highest BCUT2D eigenvalue weighted by molar-refractivity contribution is 9.09. The van der Waals surface area contributed by atoms with E-state index in [1.54, 1.807) is 0 Å². The number of nitrogens with one attached hydrogen (secondary N) is 1. The quantitative estimate of drug-likeness (QED) is 0.795. The van der Waals surface area contributed by atoms with Crippen molar-refractivity contribution in [2.45, 2.75) is 19.8 Å². The van der Waals surface area contributed by atoms with Crippen molar-refractivity contribution < 1.29 is 0 Å². The molecule has 0 aliphatic carbocycles. The van der Waals surface area contributed by atoms with Crippen LogP contribution in [0.5, 0.6) is 0 Å². The number of benzene rings is 1. The zero-order valence-electron chi connectivity index (χ0n) is 8.18. The lowest BCUT2D eigenvalue weighted by Crippen LogP contribution is -2.01. The molecule has 1 nitrogen and oxygen atoms in total. The van der Waals surface area contributed by atoms with Gasteiger partial charge >= 0.3 is 0 Å². The molecule has 72 valence electrons. The van der Waals surface area contributed by atoms with Gasteiger partial charge in [-0.3, -0.25) is 0 Å². The Morgan fingerprint density at radius 2 is 1.85 bits per heavy atom. The minimum atomic E-state index is 0.616. The van der Waals surface area contributed by atoms with E-state index < -0.39 is 0 Å². The minimum absolute atomic E-state index is 0.616. The molecule has 0 bridgehead atoms. The number of anilines is 1. The Morgan fingerprint density at radius 1 is 1.23 bits per heavy atom. The van der Waals surface area contributed by atoms with Gasteiger partial charge in [0.2, 0.25) is 0 Å². The zero-order valence-corrected chi connectivity index (χ0v) is 9.76. The summed E-state index contributed by atoms with van der Waals surface area (Å²) >= 11 is 3.38. The van der Waals surface area contributed by atoms with Gasteiger partial charge in [0.05, 0.1) is 0 Å². The molecule has 0 unspecified atom stereocenters. The summed E-state index contributed by atoms with van der Waals surface area (Å²) in [6, 6.07) is 8.64. The summed E-state index contributed by atoms with van der Waals surface area (Å²) in [7, 11) is 0. The van der Waals surface area contributed by atoms with Crippen LogP contribution in [0.4, 0.5) is 5.69 Å². The van der Waals surface area contributed by atoms with Crippen LogP contribution in [-0.2, 0) is 0 Å². The lowest BCUT2D eigenvalue weighted by Gasteiger charge is -2.07. The van der Waals surface area contributed by atoms with E-state index in [0.29, 0.717) is 5.92 Å². The van der Waals surface area contributed by atoms with Crippen LogP contribution < -0.4 is 5.32 Å². The van der Waals surface area contributed by atoms with E-state index in [9.17, 15) is 0 Å². The molecule has 0 aromatic heterocycles. The predicted octanol–water partition coefficient (Wildman–Crippen LogP) is 3.62. The molecule has 13 heavy (non-hydrogen) atoms. The maximum Gasteiger partial charge on any atom is 0.0340 e. The largest absolute Gasteiger partial charge is 0.384 e. The second-order valence-corrected chi connectivity index (χ2v) is 4.19. The molecular weight excluding hydrogens is 226 g/mol. The molecule has 2 heteroatoms. The van der Waals surface area contributed by atoms with Gasteiger partial charge in [-0.2, -0.15) is 0 Å². The van der Waals surface area contributed by atoms with Gasteiger partial charge in [0.25, 0.3) is 0 Å². The fourth-order valence-corrected chi connectivity index (χ4v) is 1.38. The van der Waals surface area contributed by atoms with E-state index in [-0.39, 0.29) is 0 Å². The molecule has 1 aromatic rings. The van der Waals surface area contributed by atoms with Crippen LogP contribution in [0.25, 0.3) is 0 Å². The second-order valence-electron chi connectivity index (χ2n) is 3.39. The summed E-state index contributed by atoms with van der Waals surface area (Å²) in [6.45, 7) is 5.39. The van der Waals surface area contributed by atoms with Gasteiger partial charge in [0, 0.05) is 17.6 Å². The average molecular weight is 242 g/mol. The maximum atomic E-state index is 3.38. The van der Waals surface area contributed by atoms with Crippen molar-refractivity contribution in [3.8, 4) is 0 Å². The van der Waals surface area contributed by atoms with Crippen LogP contribution in [0, 0.1) is 0 Å². The van der Waals surface area contributed by atoms with Gasteiger partial charge in [0.1, 0.15) is 0 Å². The fraction of sp³-hybridized carbons (Fsp3) is 0.455. The van der Waals surface area contributed by atoms with E-state index in [1.807, 2.05) is 0 Å². The smallest absolute Gasteiger partial charge is 0.0340 e. The molecule has 0 saturated heterocycles. The van der Waals surface area contributed by atoms with E-state index in [1.165, 1.54) is 11.3 Å². The van der Waals surface area contributed by atoms with Crippen molar-refractivity contribution in [3.05, 3.63) is 29.8 Å². The topological polar surface area (TPSA) is 12.0 Å². The van der Waals surface area contributed by atoms with Crippen molar-refractivity contribution in [3.63, 3.8) is 0 Å². The van der Waals surface area contributed by atoms with Crippen LogP contribution in [0.3, 0.4) is 0 Å². The predicted molar refractivity (Wildman–Crippen MR) is 62.8 cm³/mol. The van der Waals surface area contributed by atoms with Gasteiger partial charge in [-0.05, 0) is 23.6 Å². The average Bonchev–Trinajstić information content (AvgIpc) is 2.15. The third-order valence-electron chi connectivity index (χ3n) is 2.00. The molecule has 1 rings (SSSR count). The highest BCUT2D eigenvalue weighted by Crippen LogP contribution is 2.16. The number of hydrogen-bond acceptors (Lipinski definition) is 1. The van der Waals surface area contributed by atoms with Crippen LogP contribution in [0.1, 0.15) is 25.3 Å². The molecule has 0 radical (unpaired) electrons. The molecule has 0 aliphatic rings. The van der Waals surface area contributed by atoms with Crippen molar-refractivity contribution >= 4 is 21.6 Å². The second kappa shape index (κ2) is 5.28. The Kier molecular flexibility index (Phi) is 4.29. The number of hydrogen-bond donors (Lipinski definition) is 1. The summed E-state index contributed by atoms with van der Waals surface area (Å²) < 4.78 is 0. The van der Waals surface area contributed by atoms with E-state index >= 15 is 0 Å². The molecule has 0 heterocycles. The minimum Gasteiger partial charge on any atom is -0.384 e. The first-order valence-electron chi connectivity index (χ1n) is 4.64. The van der Waals surface area contributed by atoms with Crippen LogP contribution >= 0.6 is 15.9 Å². The van der Waals surface area contributed by atoms with Crippen LogP contribution in [0.15, 0.2) is 24.3 Å². The highest BCUT2D eigenvalue weighted by Gasteiger charge is 1.97. The fourth-order valence-electron chi connectivity index (χ4n) is 1.18. The summed E-state index contributed by atoms with van der Waals surface area (Å²) in [5.41, 5.74) is 2.59. The lowest BCUT2D eigenvalue weighted by atomic mass is 10.0. The third-order valence-corrected chi connectivity index (χ3v) is 2.40. The van der Waals surface area contributed by atoms with Crippen molar-refractivity contribution in [2.75, 3.05) is 17.2 Å². The summed E-state index contributed by atoms with van der Waals surface area (Å²) in [4.78, 5) is 0. The van der Waals surface area contributed by atoms with Crippen LogP contribution in [-0.4, -0.2) is 11.9 Å². The van der Waals surface area contributed by atoms with Crippen molar-refractivity contribution in [1.29, 1.82) is 0 Å². The normalized spacial score (nSPS) is 10.5. The summed E-state index contributed by atoms with van der Waals surface area (Å²) in [6.07, 6.45) is 0. The van der Waals surface area contributed by atoms with Gasteiger partial charge in [0.15, 0.2) is 0 Å². The molecule has 0 amide bonds. The van der Waals surface area contributed by atoms with E-state index in [2.05, 4.69) is 59.4 Å². The Balaban J connectivity index is 2.59. The van der Waals surface area contributed by atoms with Gasteiger partial charge in [-0.15, -0.1) is 0 Å². The first kappa shape index (κ1) is 10.6. The molecule has 0 aliphatic heterocycles. The maximum absolute atomic E-state index is 3.38. The first-order chi connectivity index (χ1) is 6.24. The SMILES string of the molecule is CC(C)c1ccc(NCCBr)cc1. The highest BCUT2D eigenvalue weighted by atomic mass is 79.9. The molecule has 1 aromatic carbocycles. The van der Waals surface area contributed by atoms with Crippen molar-refractivity contribution in [2.24, 2.45) is 0 Å². The Morgan fingerprint density at radius 3 is 2.31 bits per heavy atom. The number of alkyl halides is 1. The molecule has 1 N–H and O–H groups in total. The standard InChI is InChI=1S/C11H16BrN/c1-9(2)10-3-5-11(6-4-10)13-8-7-12/h3-6,9,13H,7-8H2,1-2H3. The van der Waals surface area contributed by atoms with Gasteiger partial charge < -0.3 is 5.32 Å².